The van der Waals surface area contributed by atoms with Crippen LogP contribution in [0, 0.1) is 5.41 Å². The largest absolute Gasteiger partial charge is 0.494 e. The monoisotopic (exact) mass is 556 g/mol. The zero-order valence-electron chi connectivity index (χ0n) is 24.1. The summed E-state index contributed by atoms with van der Waals surface area (Å²) < 4.78 is 23.7. The number of rotatable bonds is 5. The van der Waals surface area contributed by atoms with Gasteiger partial charge in [-0.05, 0) is 46.9 Å². The number of fused-ring (bicyclic) bond motifs is 3. The summed E-state index contributed by atoms with van der Waals surface area (Å²) in [6.45, 7) is 10.5. The third-order valence-corrected chi connectivity index (χ3v) is 7.96. The van der Waals surface area contributed by atoms with E-state index in [-0.39, 0.29) is 17.7 Å². The van der Waals surface area contributed by atoms with Crippen molar-refractivity contribution in [2.75, 3.05) is 44.9 Å². The smallest absolute Gasteiger partial charge is 0.182 e. The quantitative estimate of drug-likeness (QED) is 0.451. The molecular formula is C32H36N4O5. The first-order valence-electron chi connectivity index (χ1n) is 14.0. The number of anilines is 1. The summed E-state index contributed by atoms with van der Waals surface area (Å²) in [4.78, 5) is 22.0. The van der Waals surface area contributed by atoms with Crippen LogP contribution in [-0.2, 0) is 29.9 Å². The van der Waals surface area contributed by atoms with Crippen LogP contribution in [0.25, 0.3) is 0 Å². The number of nitrogens with one attached hydrogen (secondary N) is 1. The van der Waals surface area contributed by atoms with Crippen molar-refractivity contribution in [1.29, 1.82) is 5.41 Å². The van der Waals surface area contributed by atoms with Gasteiger partial charge >= 0.3 is 0 Å². The molecule has 1 saturated heterocycles. The number of pyridine rings is 1. The lowest BCUT2D eigenvalue weighted by Gasteiger charge is -2.33. The van der Waals surface area contributed by atoms with E-state index >= 15 is 0 Å². The Balaban J connectivity index is 1.26. The molecule has 2 aromatic carbocycles. The zero-order valence-corrected chi connectivity index (χ0v) is 24.1. The molecule has 9 heteroatoms. The summed E-state index contributed by atoms with van der Waals surface area (Å²) in [6.07, 6.45) is 3.54. The van der Waals surface area contributed by atoms with Gasteiger partial charge in [-0.2, -0.15) is 0 Å². The summed E-state index contributed by atoms with van der Waals surface area (Å²) in [7, 11) is 1.69. The fourth-order valence-electron chi connectivity index (χ4n) is 5.66. The number of nitrogens with zero attached hydrogens (tertiary/aromatic N) is 3. The zero-order chi connectivity index (χ0) is 28.7. The van der Waals surface area contributed by atoms with Crippen molar-refractivity contribution in [2.45, 2.75) is 45.9 Å². The maximum absolute atomic E-state index is 13.8. The Hall–Kier alpha value is -4.11. The Kier molecular flexibility index (Phi) is 7.07. The van der Waals surface area contributed by atoms with Crippen molar-refractivity contribution >= 4 is 17.3 Å². The number of morpholine rings is 1. The van der Waals surface area contributed by atoms with E-state index in [2.05, 4.69) is 30.7 Å². The summed E-state index contributed by atoms with van der Waals surface area (Å²) in [5.41, 5.74) is 6.00. The predicted molar refractivity (Wildman–Crippen MR) is 156 cm³/mol. The summed E-state index contributed by atoms with van der Waals surface area (Å²) in [5, 5.41) is 8.91. The molecule has 1 fully saturated rings. The van der Waals surface area contributed by atoms with Crippen LogP contribution in [0.5, 0.6) is 17.2 Å². The van der Waals surface area contributed by atoms with E-state index in [0.717, 1.165) is 52.3 Å². The van der Waals surface area contributed by atoms with Crippen LogP contribution in [0.3, 0.4) is 0 Å². The molecule has 0 radical (unpaired) electrons. The normalized spacial score (nSPS) is 16.5. The molecule has 3 aliphatic rings. The van der Waals surface area contributed by atoms with Crippen LogP contribution in [-0.4, -0.2) is 61.5 Å². The second-order valence-corrected chi connectivity index (χ2v) is 11.7. The highest BCUT2D eigenvalue weighted by Crippen LogP contribution is 2.41. The van der Waals surface area contributed by atoms with Crippen LogP contribution < -0.4 is 19.1 Å². The molecule has 0 unspecified atom stereocenters. The maximum atomic E-state index is 13.8. The van der Waals surface area contributed by atoms with Gasteiger partial charge in [0, 0.05) is 54.3 Å². The van der Waals surface area contributed by atoms with Crippen molar-refractivity contribution in [3.63, 3.8) is 0 Å². The average Bonchev–Trinajstić information content (AvgIpc) is 3.26. The average molecular weight is 557 g/mol. The lowest BCUT2D eigenvalue weighted by atomic mass is 9.84. The van der Waals surface area contributed by atoms with Gasteiger partial charge in [0.2, 0.25) is 0 Å². The van der Waals surface area contributed by atoms with E-state index < -0.39 is 0 Å². The van der Waals surface area contributed by atoms with Gasteiger partial charge in [0.1, 0.15) is 24.8 Å². The maximum Gasteiger partial charge on any atom is 0.182 e. The Morgan fingerprint density at radius 3 is 2.49 bits per heavy atom. The molecule has 0 saturated carbocycles. The summed E-state index contributed by atoms with van der Waals surface area (Å²) in [5.74, 6) is 2.30. The standard InChI is InChI=1S/C32H36N4O5/c1-32(2,3)25-11-21(12-26(30(25)38-4)35-7-9-39-10-8-35)27(37)17-36-16-22-13-28-29(14-24(22)31(36)33)41-19-23-15-34-6-5-20(23)18-40-28/h5-6,11-15,33H,7-10,16-19H2,1-4H3. The lowest BCUT2D eigenvalue weighted by Crippen LogP contribution is -2.37. The molecule has 0 spiro atoms. The fraction of sp³-hybridized carbons (Fsp3) is 0.406. The number of ether oxygens (including phenoxy) is 4. The molecule has 214 valence electrons. The van der Waals surface area contributed by atoms with Crippen molar-refractivity contribution in [2.24, 2.45) is 0 Å². The first-order valence-corrected chi connectivity index (χ1v) is 14.0. The number of carbonyl (C=O) groups is 1. The second-order valence-electron chi connectivity index (χ2n) is 11.7. The van der Waals surface area contributed by atoms with Gasteiger partial charge in [-0.1, -0.05) is 20.8 Å². The van der Waals surface area contributed by atoms with Crippen molar-refractivity contribution in [3.05, 3.63) is 76.1 Å². The Bertz CT molecular complexity index is 1510. The van der Waals surface area contributed by atoms with Crippen LogP contribution in [0.4, 0.5) is 5.69 Å². The number of benzene rings is 2. The lowest BCUT2D eigenvalue weighted by molar-refractivity contribution is 0.0962. The van der Waals surface area contributed by atoms with Gasteiger partial charge in [0.15, 0.2) is 17.3 Å². The number of carbonyl (C=O) groups excluding carboxylic acids is 1. The third-order valence-electron chi connectivity index (χ3n) is 7.96. The highest BCUT2D eigenvalue weighted by molar-refractivity contribution is 6.06. The Morgan fingerprint density at radius 1 is 1.02 bits per heavy atom. The van der Waals surface area contributed by atoms with Crippen LogP contribution >= 0.6 is 0 Å². The van der Waals surface area contributed by atoms with Crippen molar-refractivity contribution in [3.8, 4) is 17.2 Å². The predicted octanol–water partition coefficient (Wildman–Crippen LogP) is 4.72. The number of methoxy groups -OCH3 is 1. The van der Waals surface area contributed by atoms with Gasteiger partial charge in [0.25, 0.3) is 0 Å². The Labute approximate surface area is 240 Å². The molecule has 0 bridgehead atoms. The van der Waals surface area contributed by atoms with E-state index in [9.17, 15) is 4.79 Å². The molecule has 0 atom stereocenters. The number of hydrogen-bond acceptors (Lipinski definition) is 8. The molecule has 6 rings (SSSR count). The van der Waals surface area contributed by atoms with Crippen LogP contribution in [0.2, 0.25) is 0 Å². The fourth-order valence-corrected chi connectivity index (χ4v) is 5.66. The van der Waals surface area contributed by atoms with E-state index in [4.69, 9.17) is 24.4 Å². The van der Waals surface area contributed by atoms with Gasteiger partial charge in [-0.15, -0.1) is 0 Å². The van der Waals surface area contributed by atoms with E-state index in [1.807, 2.05) is 35.2 Å². The Morgan fingerprint density at radius 2 is 1.76 bits per heavy atom. The SMILES string of the molecule is COc1c(N2CCOCC2)cc(C(=O)CN2Cc3cc4c(cc3C2=N)OCc2cnccc2CO4)cc1C(C)(C)C. The topological polar surface area (TPSA) is 97.2 Å². The highest BCUT2D eigenvalue weighted by atomic mass is 16.5. The van der Waals surface area contributed by atoms with Crippen molar-refractivity contribution in [1.82, 2.24) is 9.88 Å². The summed E-state index contributed by atoms with van der Waals surface area (Å²) >= 11 is 0. The second kappa shape index (κ2) is 10.7. The van der Waals surface area contributed by atoms with Gasteiger partial charge in [-0.25, -0.2) is 0 Å². The molecule has 3 aromatic rings. The minimum absolute atomic E-state index is 0.0426. The number of amidine groups is 1. The number of aromatic nitrogens is 1. The van der Waals surface area contributed by atoms with Crippen molar-refractivity contribution < 1.29 is 23.7 Å². The minimum atomic E-state index is -0.231. The number of hydrogen-bond donors (Lipinski definition) is 1. The first kappa shape index (κ1) is 27.1. The highest BCUT2D eigenvalue weighted by Gasteiger charge is 2.31. The first-order chi connectivity index (χ1) is 19.7. The van der Waals surface area contributed by atoms with E-state index in [1.54, 1.807) is 19.5 Å². The van der Waals surface area contributed by atoms with Crippen LogP contribution in [0.1, 0.15) is 58.9 Å². The molecule has 1 N–H and O–H groups in total. The molecular weight excluding hydrogens is 520 g/mol. The van der Waals surface area contributed by atoms with Gasteiger partial charge in [-0.3, -0.25) is 15.2 Å². The van der Waals surface area contributed by atoms with E-state index in [0.29, 0.717) is 55.9 Å². The number of ketones is 1. The van der Waals surface area contributed by atoms with Gasteiger partial charge in [0.05, 0.1) is 32.6 Å². The molecule has 0 amide bonds. The molecule has 0 aliphatic carbocycles. The van der Waals surface area contributed by atoms with Crippen LogP contribution in [0.15, 0.2) is 42.7 Å². The number of Topliss-reactive ketones (excluding diaryl/α,β-unsaturated/α-hetero) is 1. The minimum Gasteiger partial charge on any atom is -0.494 e. The summed E-state index contributed by atoms with van der Waals surface area (Å²) in [6, 6.07) is 9.64. The molecule has 9 nitrogen and oxygen atoms in total. The van der Waals surface area contributed by atoms with E-state index in [1.165, 1.54) is 0 Å². The molecule has 3 aliphatic heterocycles. The molecule has 1 aromatic heterocycles. The molecule has 41 heavy (non-hydrogen) atoms. The molecule has 4 heterocycles. The third kappa shape index (κ3) is 5.22. The van der Waals surface area contributed by atoms with Gasteiger partial charge < -0.3 is 28.7 Å².